The van der Waals surface area contributed by atoms with Crippen molar-refractivity contribution in [1.82, 2.24) is 9.97 Å². The van der Waals surface area contributed by atoms with Gasteiger partial charge in [-0.2, -0.15) is 0 Å². The predicted molar refractivity (Wildman–Crippen MR) is 43.1 cm³/mol. The van der Waals surface area contributed by atoms with Gasteiger partial charge in [0.1, 0.15) is 11.5 Å². The van der Waals surface area contributed by atoms with Crippen molar-refractivity contribution in [2.75, 3.05) is 0 Å². The first-order valence-corrected chi connectivity index (χ1v) is 3.73. The van der Waals surface area contributed by atoms with E-state index in [1.54, 1.807) is 0 Å². The van der Waals surface area contributed by atoms with Crippen molar-refractivity contribution in [3.05, 3.63) is 16.7 Å². The minimum atomic E-state index is 0.253. The number of H-pyrrole nitrogens is 1. The number of carbonyl (C=O) groups excluding carboxylic acids is 1. The first kappa shape index (κ1) is 8.27. The fourth-order valence-corrected chi connectivity index (χ4v) is 0.918. The maximum absolute atomic E-state index is 10.3. The highest BCUT2D eigenvalue weighted by Gasteiger charge is 2.08. The first-order valence-electron chi connectivity index (χ1n) is 3.35. The van der Waals surface area contributed by atoms with Crippen LogP contribution in [0.5, 0.6) is 0 Å². The summed E-state index contributed by atoms with van der Waals surface area (Å²) in [5.41, 5.74) is 0.357. The largest absolute Gasteiger partial charge is 0.338 e. The van der Waals surface area contributed by atoms with Crippen molar-refractivity contribution >= 4 is 17.9 Å². The third-order valence-electron chi connectivity index (χ3n) is 1.37. The van der Waals surface area contributed by atoms with Gasteiger partial charge in [-0.25, -0.2) is 4.98 Å². The van der Waals surface area contributed by atoms with Crippen molar-refractivity contribution < 1.29 is 4.79 Å². The summed E-state index contributed by atoms with van der Waals surface area (Å²) in [5.74, 6) is 1.01. The summed E-state index contributed by atoms with van der Waals surface area (Å²) in [5, 5.41) is 0.253. The molecule has 0 fully saturated rings. The van der Waals surface area contributed by atoms with Gasteiger partial charge in [-0.1, -0.05) is 25.4 Å². The van der Waals surface area contributed by atoms with E-state index in [9.17, 15) is 4.79 Å². The Morgan fingerprint density at radius 1 is 1.64 bits per heavy atom. The highest BCUT2D eigenvalue weighted by molar-refractivity contribution is 6.31. The average Bonchev–Trinajstić information content (AvgIpc) is 2.31. The molecule has 1 aromatic rings. The SMILES string of the molecule is CC(C)c1nc(Cl)c(C=O)[nH]1. The normalized spacial score (nSPS) is 10.5. The summed E-state index contributed by atoms with van der Waals surface area (Å²) in [7, 11) is 0. The van der Waals surface area contributed by atoms with Crippen LogP contribution in [0.25, 0.3) is 0 Å². The second-order valence-electron chi connectivity index (χ2n) is 2.60. The monoisotopic (exact) mass is 172 g/mol. The van der Waals surface area contributed by atoms with E-state index >= 15 is 0 Å². The van der Waals surface area contributed by atoms with Crippen LogP contribution < -0.4 is 0 Å². The Kier molecular flexibility index (Phi) is 2.29. The Labute approximate surface area is 69.8 Å². The third kappa shape index (κ3) is 1.60. The van der Waals surface area contributed by atoms with Crippen molar-refractivity contribution in [3.8, 4) is 0 Å². The molecule has 0 aliphatic rings. The Balaban J connectivity index is 3.04. The van der Waals surface area contributed by atoms with Crippen molar-refractivity contribution in [2.24, 2.45) is 0 Å². The maximum atomic E-state index is 10.3. The summed E-state index contributed by atoms with van der Waals surface area (Å²) in [6, 6.07) is 0. The molecule has 0 radical (unpaired) electrons. The Morgan fingerprint density at radius 3 is 2.55 bits per heavy atom. The van der Waals surface area contributed by atoms with Gasteiger partial charge in [0.05, 0.1) is 0 Å². The lowest BCUT2D eigenvalue weighted by Crippen LogP contribution is -1.89. The number of nitrogens with one attached hydrogen (secondary N) is 1. The lowest BCUT2D eigenvalue weighted by molar-refractivity contribution is 0.111. The number of carbonyl (C=O) groups is 1. The zero-order valence-corrected chi connectivity index (χ0v) is 7.14. The zero-order valence-electron chi connectivity index (χ0n) is 6.39. The van der Waals surface area contributed by atoms with E-state index in [4.69, 9.17) is 11.6 Å². The fourth-order valence-electron chi connectivity index (χ4n) is 0.735. The molecule has 1 aromatic heterocycles. The van der Waals surface area contributed by atoms with Crippen LogP contribution in [0.4, 0.5) is 0 Å². The van der Waals surface area contributed by atoms with E-state index in [0.717, 1.165) is 5.82 Å². The van der Waals surface area contributed by atoms with E-state index in [1.807, 2.05) is 13.8 Å². The van der Waals surface area contributed by atoms with Gasteiger partial charge in [-0.05, 0) is 0 Å². The summed E-state index contributed by atoms with van der Waals surface area (Å²) >= 11 is 5.62. The van der Waals surface area contributed by atoms with E-state index < -0.39 is 0 Å². The van der Waals surface area contributed by atoms with Crippen LogP contribution in [-0.2, 0) is 0 Å². The topological polar surface area (TPSA) is 45.8 Å². The van der Waals surface area contributed by atoms with E-state index in [0.29, 0.717) is 12.0 Å². The number of aromatic nitrogens is 2. The number of imidazole rings is 1. The third-order valence-corrected chi connectivity index (χ3v) is 1.66. The lowest BCUT2D eigenvalue weighted by Gasteiger charge is -1.95. The number of nitrogens with zero attached hydrogens (tertiary/aromatic N) is 1. The standard InChI is InChI=1S/C7H9ClN2O/c1-4(2)7-9-5(3-11)6(8)10-7/h3-4H,1-2H3,(H,9,10). The van der Waals surface area contributed by atoms with Gasteiger partial charge in [0.2, 0.25) is 0 Å². The van der Waals surface area contributed by atoms with Gasteiger partial charge in [-0.15, -0.1) is 0 Å². The van der Waals surface area contributed by atoms with Crippen LogP contribution in [0.15, 0.2) is 0 Å². The molecular weight excluding hydrogens is 164 g/mol. The van der Waals surface area contributed by atoms with Crippen LogP contribution in [0.2, 0.25) is 5.15 Å². The molecule has 0 unspecified atom stereocenters. The minimum absolute atomic E-state index is 0.253. The van der Waals surface area contributed by atoms with Crippen LogP contribution in [0.1, 0.15) is 36.1 Å². The summed E-state index contributed by atoms with van der Waals surface area (Å²) in [6.07, 6.45) is 0.668. The molecule has 0 bridgehead atoms. The molecule has 0 saturated heterocycles. The van der Waals surface area contributed by atoms with E-state index in [-0.39, 0.29) is 11.1 Å². The van der Waals surface area contributed by atoms with Gasteiger partial charge in [0.15, 0.2) is 11.4 Å². The molecule has 1 heterocycles. The summed E-state index contributed by atoms with van der Waals surface area (Å²) < 4.78 is 0. The number of hydrogen-bond acceptors (Lipinski definition) is 2. The van der Waals surface area contributed by atoms with Gasteiger partial charge in [0.25, 0.3) is 0 Å². The molecule has 4 heteroatoms. The number of hydrogen-bond donors (Lipinski definition) is 1. The van der Waals surface area contributed by atoms with Gasteiger partial charge in [0, 0.05) is 5.92 Å². The van der Waals surface area contributed by atoms with E-state index in [2.05, 4.69) is 9.97 Å². The minimum Gasteiger partial charge on any atom is -0.338 e. The van der Waals surface area contributed by atoms with Gasteiger partial charge < -0.3 is 4.98 Å². The molecule has 0 aromatic carbocycles. The highest BCUT2D eigenvalue weighted by atomic mass is 35.5. The number of rotatable bonds is 2. The molecule has 1 N–H and O–H groups in total. The second-order valence-corrected chi connectivity index (χ2v) is 2.96. The highest BCUT2D eigenvalue weighted by Crippen LogP contribution is 2.16. The van der Waals surface area contributed by atoms with Crippen LogP contribution in [-0.4, -0.2) is 16.3 Å². The Hall–Kier alpha value is -0.830. The van der Waals surface area contributed by atoms with Crippen LogP contribution >= 0.6 is 11.6 Å². The fraction of sp³-hybridized carbons (Fsp3) is 0.429. The molecule has 0 atom stereocenters. The van der Waals surface area contributed by atoms with Crippen LogP contribution in [0, 0.1) is 0 Å². The number of aromatic amines is 1. The van der Waals surface area contributed by atoms with Crippen molar-refractivity contribution in [2.45, 2.75) is 19.8 Å². The molecule has 1 rings (SSSR count). The van der Waals surface area contributed by atoms with Crippen molar-refractivity contribution in [1.29, 1.82) is 0 Å². The average molecular weight is 173 g/mol. The lowest BCUT2D eigenvalue weighted by atomic mass is 10.2. The zero-order chi connectivity index (χ0) is 8.43. The maximum Gasteiger partial charge on any atom is 0.169 e. The van der Waals surface area contributed by atoms with E-state index in [1.165, 1.54) is 0 Å². The summed E-state index contributed by atoms with van der Waals surface area (Å²) in [6.45, 7) is 3.95. The number of aldehydes is 1. The molecule has 0 amide bonds. The summed E-state index contributed by atoms with van der Waals surface area (Å²) in [4.78, 5) is 17.1. The van der Waals surface area contributed by atoms with Crippen LogP contribution in [0.3, 0.4) is 0 Å². The molecular formula is C7H9ClN2O. The molecule has 60 valence electrons. The predicted octanol–water partition coefficient (Wildman–Crippen LogP) is 2.00. The molecule has 0 aliphatic heterocycles. The van der Waals surface area contributed by atoms with Crippen molar-refractivity contribution in [3.63, 3.8) is 0 Å². The quantitative estimate of drug-likeness (QED) is 0.694. The smallest absolute Gasteiger partial charge is 0.169 e. The molecule has 0 saturated carbocycles. The Bertz CT molecular complexity index is 267. The van der Waals surface area contributed by atoms with Gasteiger partial charge in [-0.3, -0.25) is 4.79 Å². The van der Waals surface area contributed by atoms with Gasteiger partial charge >= 0.3 is 0 Å². The molecule has 0 aliphatic carbocycles. The first-order chi connectivity index (χ1) is 5.15. The second kappa shape index (κ2) is 3.05. The number of halogens is 1. The molecule has 3 nitrogen and oxygen atoms in total. The Morgan fingerprint density at radius 2 is 2.27 bits per heavy atom. The molecule has 0 spiro atoms. The molecule has 11 heavy (non-hydrogen) atoms.